The van der Waals surface area contributed by atoms with Gasteiger partial charge in [-0.2, -0.15) is 5.06 Å². The van der Waals surface area contributed by atoms with Gasteiger partial charge in [-0.25, -0.2) is 4.99 Å². The number of anilines is 1. The van der Waals surface area contributed by atoms with Crippen molar-refractivity contribution in [3.8, 4) is 0 Å². The van der Waals surface area contributed by atoms with Crippen molar-refractivity contribution in [1.29, 1.82) is 0 Å². The minimum Gasteiger partial charge on any atom is -0.370 e. The van der Waals surface area contributed by atoms with E-state index < -0.39 is 5.54 Å². The Kier molecular flexibility index (Phi) is 4.33. The molecule has 0 spiro atoms. The van der Waals surface area contributed by atoms with Crippen LogP contribution in [0.25, 0.3) is 0 Å². The summed E-state index contributed by atoms with van der Waals surface area (Å²) in [4.78, 5) is 4.57. The third-order valence-electron chi connectivity index (χ3n) is 4.06. The van der Waals surface area contributed by atoms with Crippen LogP contribution in [-0.2, 0) is 0 Å². The van der Waals surface area contributed by atoms with Gasteiger partial charge in [-0.3, -0.25) is 0 Å². The summed E-state index contributed by atoms with van der Waals surface area (Å²) in [6.45, 7) is 7.95. The number of nitrogens with one attached hydrogen (secondary N) is 1. The topological polar surface area (TPSA) is 73.9 Å². The highest BCUT2D eigenvalue weighted by Gasteiger charge is 2.51. The lowest BCUT2D eigenvalue weighted by Gasteiger charge is -2.34. The highest BCUT2D eigenvalue weighted by molar-refractivity contribution is 9.10. The summed E-state index contributed by atoms with van der Waals surface area (Å²) >= 11 is 3.47. The number of rotatable bonds is 2. The zero-order chi connectivity index (χ0) is 15.8. The first-order valence-electron chi connectivity index (χ1n) is 6.98. The number of nitrogens with two attached hydrogens (primary N) is 1. The number of benzene rings is 1. The molecule has 5 nitrogen and oxygen atoms in total. The zero-order valence-electron chi connectivity index (χ0n) is 12.9. The molecule has 6 heteroatoms. The van der Waals surface area contributed by atoms with E-state index in [1.165, 1.54) is 5.06 Å². The van der Waals surface area contributed by atoms with E-state index in [4.69, 9.17) is 5.73 Å². The molecule has 0 aromatic heterocycles. The van der Waals surface area contributed by atoms with E-state index in [1.807, 2.05) is 52.0 Å². The van der Waals surface area contributed by atoms with E-state index in [0.29, 0.717) is 5.96 Å². The van der Waals surface area contributed by atoms with Gasteiger partial charge < -0.3 is 16.3 Å². The summed E-state index contributed by atoms with van der Waals surface area (Å²) in [7, 11) is 0. The molecule has 1 aliphatic heterocycles. The van der Waals surface area contributed by atoms with Gasteiger partial charge in [-0.05, 0) is 62.2 Å². The molecule has 4 N–H and O–H groups in total. The fourth-order valence-corrected chi connectivity index (χ4v) is 3.22. The molecule has 1 atom stereocenters. The first-order valence-corrected chi connectivity index (χ1v) is 7.78. The average Bonchev–Trinajstić information content (AvgIpc) is 2.53. The Labute approximate surface area is 134 Å². The summed E-state index contributed by atoms with van der Waals surface area (Å²) in [5.41, 5.74) is 6.13. The molecule has 0 bridgehead atoms. The Morgan fingerprint density at radius 1 is 1.38 bits per heavy atom. The molecule has 1 unspecified atom stereocenters. The number of hydrogen-bond donors (Lipinski definition) is 3. The summed E-state index contributed by atoms with van der Waals surface area (Å²) < 4.78 is 0.929. The average molecular weight is 355 g/mol. The van der Waals surface area contributed by atoms with E-state index in [0.717, 1.165) is 16.6 Å². The molecule has 2 rings (SSSR count). The van der Waals surface area contributed by atoms with Gasteiger partial charge >= 0.3 is 0 Å². The lowest BCUT2D eigenvalue weighted by atomic mass is 9.95. The maximum Gasteiger partial charge on any atom is 0.193 e. The van der Waals surface area contributed by atoms with Crippen LogP contribution in [0.15, 0.2) is 33.7 Å². The number of guanidine groups is 1. The second-order valence-corrected chi connectivity index (χ2v) is 7.47. The molecule has 1 aromatic carbocycles. The van der Waals surface area contributed by atoms with Gasteiger partial charge in [0.15, 0.2) is 5.96 Å². The third kappa shape index (κ3) is 3.22. The van der Waals surface area contributed by atoms with Crippen LogP contribution in [0.5, 0.6) is 0 Å². The molecule has 1 saturated heterocycles. The Morgan fingerprint density at radius 3 is 2.52 bits per heavy atom. The maximum absolute atomic E-state index is 10.3. The quantitative estimate of drug-likeness (QED) is 0.563. The SMILES string of the molecule is CC1(C)CC(N=C(N)Nc2ccccc2Br)C(C)(C)N1O. The summed E-state index contributed by atoms with van der Waals surface area (Å²) in [6, 6.07) is 7.66. The number of para-hydroxylation sites is 1. The van der Waals surface area contributed by atoms with E-state index >= 15 is 0 Å². The molecule has 1 aliphatic rings. The first kappa shape index (κ1) is 16.3. The predicted octanol–water partition coefficient (Wildman–Crippen LogP) is 3.20. The largest absolute Gasteiger partial charge is 0.370 e. The second-order valence-electron chi connectivity index (χ2n) is 6.62. The van der Waals surface area contributed by atoms with Crippen molar-refractivity contribution in [3.63, 3.8) is 0 Å². The zero-order valence-corrected chi connectivity index (χ0v) is 14.5. The van der Waals surface area contributed by atoms with Gasteiger partial charge in [-0.15, -0.1) is 0 Å². The van der Waals surface area contributed by atoms with Crippen LogP contribution in [0.1, 0.15) is 34.1 Å². The molecular weight excluding hydrogens is 332 g/mol. The minimum absolute atomic E-state index is 0.0764. The Morgan fingerprint density at radius 2 is 2.00 bits per heavy atom. The predicted molar refractivity (Wildman–Crippen MR) is 89.6 cm³/mol. The van der Waals surface area contributed by atoms with Gasteiger partial charge in [0.2, 0.25) is 0 Å². The fraction of sp³-hybridized carbons (Fsp3) is 0.533. The van der Waals surface area contributed by atoms with Gasteiger partial charge in [-0.1, -0.05) is 12.1 Å². The lowest BCUT2D eigenvalue weighted by Crippen LogP contribution is -2.48. The van der Waals surface area contributed by atoms with Gasteiger partial charge in [0.1, 0.15) is 0 Å². The molecule has 1 heterocycles. The molecule has 116 valence electrons. The van der Waals surface area contributed by atoms with Gasteiger partial charge in [0.25, 0.3) is 0 Å². The number of aliphatic imine (C=N–C) groups is 1. The number of hydroxylamine groups is 2. The third-order valence-corrected chi connectivity index (χ3v) is 4.75. The number of hydrogen-bond acceptors (Lipinski definition) is 3. The van der Waals surface area contributed by atoms with Crippen LogP contribution < -0.4 is 11.1 Å². The van der Waals surface area contributed by atoms with E-state index in [2.05, 4.69) is 26.2 Å². The molecular formula is C15H23BrN4O. The molecule has 21 heavy (non-hydrogen) atoms. The molecule has 0 saturated carbocycles. The van der Waals surface area contributed by atoms with Crippen LogP contribution in [0.4, 0.5) is 5.69 Å². The van der Waals surface area contributed by atoms with Crippen molar-refractivity contribution in [2.75, 3.05) is 5.32 Å². The van der Waals surface area contributed by atoms with Gasteiger partial charge in [0, 0.05) is 10.0 Å². The fourth-order valence-electron chi connectivity index (χ4n) is 2.83. The highest BCUT2D eigenvalue weighted by atomic mass is 79.9. The van der Waals surface area contributed by atoms with Crippen molar-refractivity contribution in [2.45, 2.75) is 51.2 Å². The molecule has 0 aliphatic carbocycles. The maximum atomic E-state index is 10.3. The normalized spacial score (nSPS) is 25.0. The Hall–Kier alpha value is -1.11. The standard InChI is InChI=1S/C15H23BrN4O/c1-14(2)9-12(15(3,4)20(14)21)19-13(17)18-11-8-6-5-7-10(11)16/h5-8,12,21H,9H2,1-4H3,(H3,17,18,19). The number of nitrogens with zero attached hydrogens (tertiary/aromatic N) is 2. The highest BCUT2D eigenvalue weighted by Crippen LogP contribution is 2.40. The Balaban J connectivity index is 2.18. The molecule has 1 fully saturated rings. The van der Waals surface area contributed by atoms with Crippen molar-refractivity contribution < 1.29 is 5.21 Å². The summed E-state index contributed by atoms with van der Waals surface area (Å²) in [5, 5.41) is 14.8. The molecule has 0 amide bonds. The van der Waals surface area contributed by atoms with Crippen LogP contribution in [0.3, 0.4) is 0 Å². The first-order chi connectivity index (χ1) is 9.64. The molecule has 1 aromatic rings. The molecule has 0 radical (unpaired) electrons. The van der Waals surface area contributed by atoms with Crippen molar-refractivity contribution in [3.05, 3.63) is 28.7 Å². The van der Waals surface area contributed by atoms with Crippen LogP contribution in [0.2, 0.25) is 0 Å². The van der Waals surface area contributed by atoms with Crippen LogP contribution >= 0.6 is 15.9 Å². The number of halogens is 1. The Bertz CT molecular complexity index is 556. The van der Waals surface area contributed by atoms with E-state index in [9.17, 15) is 5.21 Å². The van der Waals surface area contributed by atoms with Crippen molar-refractivity contribution >= 4 is 27.6 Å². The minimum atomic E-state index is -0.455. The van der Waals surface area contributed by atoms with Crippen molar-refractivity contribution in [2.24, 2.45) is 10.7 Å². The lowest BCUT2D eigenvalue weighted by molar-refractivity contribution is -0.193. The monoisotopic (exact) mass is 354 g/mol. The van der Waals surface area contributed by atoms with Gasteiger partial charge in [0.05, 0.1) is 17.3 Å². The van der Waals surface area contributed by atoms with Crippen molar-refractivity contribution in [1.82, 2.24) is 5.06 Å². The second kappa shape index (κ2) is 5.59. The van der Waals surface area contributed by atoms with Crippen LogP contribution in [-0.4, -0.2) is 33.3 Å². The summed E-state index contributed by atoms with van der Waals surface area (Å²) in [5.74, 6) is 0.353. The summed E-state index contributed by atoms with van der Waals surface area (Å²) in [6.07, 6.45) is 0.745. The van der Waals surface area contributed by atoms with E-state index in [1.54, 1.807) is 0 Å². The van der Waals surface area contributed by atoms with Crippen LogP contribution in [0, 0.1) is 0 Å². The van der Waals surface area contributed by atoms with E-state index in [-0.39, 0.29) is 11.6 Å². The smallest absolute Gasteiger partial charge is 0.193 e.